The second-order valence-electron chi connectivity index (χ2n) is 5.73. The monoisotopic (exact) mass is 322 g/mol. The van der Waals surface area contributed by atoms with E-state index in [9.17, 15) is 22.4 Å². The first kappa shape index (κ1) is 18.2. The van der Waals surface area contributed by atoms with Crippen LogP contribution in [0, 0.1) is 23.3 Å². The van der Waals surface area contributed by atoms with Crippen molar-refractivity contribution in [3.8, 4) is 0 Å². The number of rotatable bonds is 4. The first-order valence-corrected chi connectivity index (χ1v) is 6.56. The number of carbonyl (C=O) groups is 1. The third kappa shape index (κ3) is 4.87. The predicted octanol–water partition coefficient (Wildman–Crippen LogP) is 2.64. The Hall–Kier alpha value is -1.83. The molecule has 0 saturated carbocycles. The van der Waals surface area contributed by atoms with E-state index in [0.717, 1.165) is 0 Å². The zero-order valence-electron chi connectivity index (χ0n) is 12.5. The van der Waals surface area contributed by atoms with Gasteiger partial charge in [0.05, 0.1) is 0 Å². The number of amides is 1. The van der Waals surface area contributed by atoms with Gasteiger partial charge in [0.25, 0.3) is 0 Å². The molecule has 0 fully saturated rings. The smallest absolute Gasteiger partial charge is 0.407 e. The summed E-state index contributed by atoms with van der Waals surface area (Å²) < 4.78 is 58.4. The minimum Gasteiger partial charge on any atom is -0.444 e. The topological polar surface area (TPSA) is 64.3 Å². The molecule has 4 nitrogen and oxygen atoms in total. The largest absolute Gasteiger partial charge is 0.444 e. The molecule has 0 aliphatic rings. The Bertz CT molecular complexity index is 533. The number of benzene rings is 1. The zero-order chi connectivity index (χ0) is 17.1. The fourth-order valence-corrected chi connectivity index (χ4v) is 1.72. The number of nitrogens with one attached hydrogen (secondary N) is 1. The van der Waals surface area contributed by atoms with Gasteiger partial charge in [-0.25, -0.2) is 22.4 Å². The van der Waals surface area contributed by atoms with Gasteiger partial charge in [-0.3, -0.25) is 0 Å². The maximum Gasteiger partial charge on any atom is 0.407 e. The Morgan fingerprint density at radius 3 is 2.14 bits per heavy atom. The van der Waals surface area contributed by atoms with E-state index >= 15 is 0 Å². The molecular weight excluding hydrogens is 304 g/mol. The average Bonchev–Trinajstić information content (AvgIpc) is 2.38. The molecule has 22 heavy (non-hydrogen) atoms. The second kappa shape index (κ2) is 6.95. The van der Waals surface area contributed by atoms with Crippen molar-refractivity contribution in [2.45, 2.75) is 38.8 Å². The molecule has 124 valence electrons. The summed E-state index contributed by atoms with van der Waals surface area (Å²) in [7, 11) is 0. The van der Waals surface area contributed by atoms with Crippen LogP contribution in [-0.2, 0) is 11.2 Å². The van der Waals surface area contributed by atoms with Crippen molar-refractivity contribution >= 4 is 6.09 Å². The van der Waals surface area contributed by atoms with Gasteiger partial charge in [0.15, 0.2) is 23.3 Å². The van der Waals surface area contributed by atoms with E-state index in [-0.39, 0.29) is 12.6 Å². The lowest BCUT2D eigenvalue weighted by atomic mass is 10.0. The molecule has 0 spiro atoms. The van der Waals surface area contributed by atoms with Crippen LogP contribution in [0.1, 0.15) is 26.3 Å². The maximum atomic E-state index is 13.6. The summed E-state index contributed by atoms with van der Waals surface area (Å²) in [6, 6.07) is -0.826. The fraction of sp³-hybridized carbons (Fsp3) is 0.500. The molecule has 0 aliphatic heterocycles. The number of nitrogens with two attached hydrogens (primary N) is 1. The quantitative estimate of drug-likeness (QED) is 0.662. The van der Waals surface area contributed by atoms with Gasteiger partial charge in [0.2, 0.25) is 0 Å². The molecule has 0 radical (unpaired) electrons. The van der Waals surface area contributed by atoms with Gasteiger partial charge in [0.1, 0.15) is 5.60 Å². The first-order chi connectivity index (χ1) is 10.0. The summed E-state index contributed by atoms with van der Waals surface area (Å²) in [5.41, 5.74) is 3.82. The van der Waals surface area contributed by atoms with Crippen LogP contribution < -0.4 is 11.1 Å². The maximum absolute atomic E-state index is 13.6. The van der Waals surface area contributed by atoms with Gasteiger partial charge in [-0.05, 0) is 27.2 Å². The van der Waals surface area contributed by atoms with Crippen molar-refractivity contribution in [3.63, 3.8) is 0 Å². The minimum atomic E-state index is -1.51. The molecule has 1 aromatic rings. The van der Waals surface area contributed by atoms with Crippen LogP contribution in [0.25, 0.3) is 0 Å². The highest BCUT2D eigenvalue weighted by molar-refractivity contribution is 5.68. The lowest BCUT2D eigenvalue weighted by Gasteiger charge is -2.23. The van der Waals surface area contributed by atoms with E-state index in [0.29, 0.717) is 0 Å². The predicted molar refractivity (Wildman–Crippen MR) is 72.2 cm³/mol. The summed E-state index contributed by atoms with van der Waals surface area (Å²) in [5.74, 6) is -6.05. The lowest BCUT2D eigenvalue weighted by Crippen LogP contribution is -2.44. The molecule has 1 unspecified atom stereocenters. The number of ether oxygens (including phenoxy) is 1. The SMILES string of the molecule is CC(C)(C)OC(=O)NC(CN)Cc1c(F)c(F)cc(F)c1F. The van der Waals surface area contributed by atoms with Crippen molar-refractivity contribution < 1.29 is 27.1 Å². The molecule has 1 rings (SSSR count). The highest BCUT2D eigenvalue weighted by Gasteiger charge is 2.24. The van der Waals surface area contributed by atoms with Gasteiger partial charge < -0.3 is 15.8 Å². The molecule has 1 amide bonds. The lowest BCUT2D eigenvalue weighted by molar-refractivity contribution is 0.0505. The minimum absolute atomic E-state index is 0.118. The number of hydrogen-bond acceptors (Lipinski definition) is 3. The van der Waals surface area contributed by atoms with Gasteiger partial charge in [-0.2, -0.15) is 0 Å². The summed E-state index contributed by atoms with van der Waals surface area (Å²) in [5, 5.41) is 2.30. The fourth-order valence-electron chi connectivity index (χ4n) is 1.72. The van der Waals surface area contributed by atoms with Crippen LogP contribution in [-0.4, -0.2) is 24.3 Å². The Balaban J connectivity index is 2.90. The Morgan fingerprint density at radius 2 is 1.73 bits per heavy atom. The van der Waals surface area contributed by atoms with Crippen molar-refractivity contribution in [2.75, 3.05) is 6.54 Å². The first-order valence-electron chi connectivity index (χ1n) is 6.56. The Morgan fingerprint density at radius 1 is 1.23 bits per heavy atom. The summed E-state index contributed by atoms with van der Waals surface area (Å²) >= 11 is 0. The van der Waals surface area contributed by atoms with Crippen LogP contribution in [0.3, 0.4) is 0 Å². The van der Waals surface area contributed by atoms with Crippen LogP contribution in [0.15, 0.2) is 6.07 Å². The van der Waals surface area contributed by atoms with Crippen molar-refractivity contribution in [3.05, 3.63) is 34.9 Å². The van der Waals surface area contributed by atoms with E-state index in [1.807, 2.05) is 0 Å². The van der Waals surface area contributed by atoms with Crippen LogP contribution >= 0.6 is 0 Å². The van der Waals surface area contributed by atoms with Gasteiger partial charge in [0, 0.05) is 24.2 Å². The number of hydrogen-bond donors (Lipinski definition) is 2. The van der Waals surface area contributed by atoms with Crippen molar-refractivity contribution in [2.24, 2.45) is 5.73 Å². The standard InChI is InChI=1S/C14H18F4N2O2/c1-14(2,3)22-13(21)20-7(6-19)4-8-11(17)9(15)5-10(16)12(8)18/h5,7H,4,6,19H2,1-3H3,(H,20,21). The van der Waals surface area contributed by atoms with Crippen molar-refractivity contribution in [1.82, 2.24) is 5.32 Å². The molecule has 0 bridgehead atoms. The molecule has 0 aromatic heterocycles. The van der Waals surface area contributed by atoms with E-state index in [1.165, 1.54) is 0 Å². The summed E-state index contributed by atoms with van der Waals surface area (Å²) in [6.45, 7) is 4.69. The molecule has 8 heteroatoms. The summed E-state index contributed by atoms with van der Waals surface area (Å²) in [4.78, 5) is 11.6. The van der Waals surface area contributed by atoms with Gasteiger partial charge >= 0.3 is 6.09 Å². The highest BCUT2D eigenvalue weighted by atomic mass is 19.2. The van der Waals surface area contributed by atoms with E-state index < -0.39 is 53.0 Å². The molecule has 0 saturated heterocycles. The Labute approximate surface area is 125 Å². The molecule has 0 aliphatic carbocycles. The number of halogens is 4. The molecule has 0 heterocycles. The third-order valence-electron chi connectivity index (χ3n) is 2.66. The normalized spacial score (nSPS) is 12.9. The molecule has 3 N–H and O–H groups in total. The third-order valence-corrected chi connectivity index (χ3v) is 2.66. The van der Waals surface area contributed by atoms with Crippen LogP contribution in [0.2, 0.25) is 0 Å². The molecule has 1 aromatic carbocycles. The van der Waals surface area contributed by atoms with Gasteiger partial charge in [-0.15, -0.1) is 0 Å². The van der Waals surface area contributed by atoms with E-state index in [1.54, 1.807) is 20.8 Å². The highest BCUT2D eigenvalue weighted by Crippen LogP contribution is 2.20. The van der Waals surface area contributed by atoms with E-state index in [2.05, 4.69) is 5.32 Å². The van der Waals surface area contributed by atoms with Crippen LogP contribution in [0.5, 0.6) is 0 Å². The average molecular weight is 322 g/mol. The van der Waals surface area contributed by atoms with E-state index in [4.69, 9.17) is 10.5 Å². The molecule has 1 atom stereocenters. The number of alkyl carbamates (subject to hydrolysis) is 1. The summed E-state index contributed by atoms with van der Waals surface area (Å²) in [6.07, 6.45) is -1.36. The zero-order valence-corrected chi connectivity index (χ0v) is 12.5. The Kier molecular flexibility index (Phi) is 5.76. The van der Waals surface area contributed by atoms with Crippen LogP contribution in [0.4, 0.5) is 22.4 Å². The molecular formula is C14H18F4N2O2. The van der Waals surface area contributed by atoms with Crippen molar-refractivity contribution in [1.29, 1.82) is 0 Å². The van der Waals surface area contributed by atoms with Gasteiger partial charge in [-0.1, -0.05) is 0 Å². The number of carbonyl (C=O) groups excluding carboxylic acids is 1. The second-order valence-corrected chi connectivity index (χ2v) is 5.73.